The lowest BCUT2D eigenvalue weighted by Crippen LogP contribution is -2.63. The van der Waals surface area contributed by atoms with Gasteiger partial charge < -0.3 is 4.90 Å². The summed E-state index contributed by atoms with van der Waals surface area (Å²) in [5, 5.41) is 0. The molecule has 0 N–H and O–H groups in total. The lowest BCUT2D eigenvalue weighted by molar-refractivity contribution is -0.141. The van der Waals surface area contributed by atoms with E-state index in [1.165, 1.54) is 19.5 Å². The van der Waals surface area contributed by atoms with E-state index in [2.05, 4.69) is 28.5 Å². The number of hydrogen-bond donors (Lipinski definition) is 0. The summed E-state index contributed by atoms with van der Waals surface area (Å²) in [5.41, 5.74) is -0.00345. The van der Waals surface area contributed by atoms with Crippen molar-refractivity contribution in [3.05, 3.63) is 24.8 Å². The monoisotopic (exact) mass is 244 g/mol. The summed E-state index contributed by atoms with van der Waals surface area (Å²) in [7, 11) is 0. The summed E-state index contributed by atoms with van der Waals surface area (Å²) >= 11 is 0. The molecule has 4 aliphatic rings. The molecule has 3 heteroatoms. The van der Waals surface area contributed by atoms with Crippen LogP contribution < -0.4 is 0 Å². The molecule has 4 aliphatic heterocycles. The number of carbonyl (C=O) groups is 1. The third kappa shape index (κ3) is 1.11. The molecule has 0 aromatic carbocycles. The van der Waals surface area contributed by atoms with Crippen LogP contribution in [0, 0.1) is 11.8 Å². The van der Waals surface area contributed by atoms with Crippen molar-refractivity contribution in [3.8, 4) is 0 Å². The van der Waals surface area contributed by atoms with Gasteiger partial charge in [-0.15, -0.1) is 6.58 Å². The highest BCUT2D eigenvalue weighted by Gasteiger charge is 2.62. The predicted octanol–water partition coefficient (Wildman–Crippen LogP) is 1.42. The molecule has 18 heavy (non-hydrogen) atoms. The van der Waals surface area contributed by atoms with E-state index < -0.39 is 0 Å². The topological polar surface area (TPSA) is 23.6 Å². The summed E-state index contributed by atoms with van der Waals surface area (Å²) in [4.78, 5) is 17.1. The van der Waals surface area contributed by atoms with E-state index in [4.69, 9.17) is 0 Å². The van der Waals surface area contributed by atoms with Gasteiger partial charge in [0.2, 0.25) is 5.91 Å². The van der Waals surface area contributed by atoms with Crippen LogP contribution in [-0.4, -0.2) is 46.9 Å². The maximum absolute atomic E-state index is 12.3. The number of piperidine rings is 2. The van der Waals surface area contributed by atoms with Gasteiger partial charge in [0.25, 0.3) is 0 Å². The van der Waals surface area contributed by atoms with Crippen LogP contribution in [-0.2, 0) is 4.79 Å². The zero-order valence-corrected chi connectivity index (χ0v) is 10.7. The van der Waals surface area contributed by atoms with Crippen LogP contribution in [0.25, 0.3) is 0 Å². The minimum absolute atomic E-state index is 0.00345. The summed E-state index contributed by atoms with van der Waals surface area (Å²) in [5.74, 6) is 1.68. The molecule has 96 valence electrons. The van der Waals surface area contributed by atoms with Gasteiger partial charge >= 0.3 is 0 Å². The van der Waals surface area contributed by atoms with Gasteiger partial charge in [-0.05, 0) is 18.8 Å². The smallest absolute Gasteiger partial charge is 0.227 e. The molecule has 1 unspecified atom stereocenters. The van der Waals surface area contributed by atoms with E-state index in [1.54, 1.807) is 0 Å². The van der Waals surface area contributed by atoms with Crippen LogP contribution >= 0.6 is 0 Å². The molecule has 3 nitrogen and oxygen atoms in total. The first-order chi connectivity index (χ1) is 8.75. The van der Waals surface area contributed by atoms with Gasteiger partial charge in [0.15, 0.2) is 0 Å². The standard InChI is InChI=1S/C15H20N2O/c1-2-4-13-15-6-3-5-14(18)17(15)9-11-7-12(15)10-16(13)8-11/h2-3,6,11-13H,1,4-5,7-10H2/t11-,12-,13-,15-/m1/s1. The Kier molecular flexibility index (Phi) is 2.08. The average molecular weight is 244 g/mol. The highest BCUT2D eigenvalue weighted by Crippen LogP contribution is 2.53. The number of amides is 1. The third-order valence-electron chi connectivity index (χ3n) is 5.47. The molecule has 3 fully saturated rings. The SMILES string of the molecule is C=CC[C@H]1N2C[C@H]3C[C@H](C2)[C@]12C=CCC(=O)N2C3. The molecule has 0 saturated carbocycles. The first-order valence-corrected chi connectivity index (χ1v) is 7.09. The summed E-state index contributed by atoms with van der Waals surface area (Å²) in [6.07, 6.45) is 9.39. The maximum atomic E-state index is 12.3. The zero-order chi connectivity index (χ0) is 12.3. The second kappa shape index (κ2) is 3.47. The van der Waals surface area contributed by atoms with Gasteiger partial charge in [0.1, 0.15) is 0 Å². The van der Waals surface area contributed by atoms with Crippen molar-refractivity contribution in [1.29, 1.82) is 0 Å². The summed E-state index contributed by atoms with van der Waals surface area (Å²) < 4.78 is 0. The van der Waals surface area contributed by atoms with Gasteiger partial charge in [-0.3, -0.25) is 9.69 Å². The number of rotatable bonds is 2. The van der Waals surface area contributed by atoms with Crippen LogP contribution in [0.5, 0.6) is 0 Å². The Morgan fingerprint density at radius 1 is 1.44 bits per heavy atom. The molecule has 3 saturated heterocycles. The van der Waals surface area contributed by atoms with Crippen molar-refractivity contribution in [2.45, 2.75) is 30.8 Å². The van der Waals surface area contributed by atoms with E-state index >= 15 is 0 Å². The van der Waals surface area contributed by atoms with E-state index in [-0.39, 0.29) is 5.54 Å². The Morgan fingerprint density at radius 3 is 3.17 bits per heavy atom. The molecular formula is C15H20N2O. The maximum Gasteiger partial charge on any atom is 0.227 e. The van der Waals surface area contributed by atoms with Crippen LogP contribution in [0.3, 0.4) is 0 Å². The van der Waals surface area contributed by atoms with Crippen molar-refractivity contribution >= 4 is 5.91 Å². The molecule has 0 aromatic heterocycles. The highest BCUT2D eigenvalue weighted by molar-refractivity contribution is 5.81. The molecular weight excluding hydrogens is 224 g/mol. The first-order valence-electron chi connectivity index (χ1n) is 7.09. The number of carbonyl (C=O) groups excluding carboxylic acids is 1. The average Bonchev–Trinajstić information content (AvgIpc) is 2.50. The van der Waals surface area contributed by atoms with Crippen molar-refractivity contribution in [2.24, 2.45) is 11.8 Å². The molecule has 1 amide bonds. The van der Waals surface area contributed by atoms with E-state index in [0.29, 0.717) is 30.2 Å². The lowest BCUT2D eigenvalue weighted by atomic mass is 9.70. The molecule has 0 aromatic rings. The summed E-state index contributed by atoms with van der Waals surface area (Å²) in [6, 6.07) is 0.466. The number of hydrogen-bond acceptors (Lipinski definition) is 2. The fourth-order valence-corrected chi connectivity index (χ4v) is 4.95. The Labute approximate surface area is 108 Å². The Hall–Kier alpha value is -1.09. The van der Waals surface area contributed by atoms with Crippen molar-refractivity contribution < 1.29 is 4.79 Å². The highest BCUT2D eigenvalue weighted by atomic mass is 16.2. The van der Waals surface area contributed by atoms with Crippen molar-refractivity contribution in [3.63, 3.8) is 0 Å². The first kappa shape index (κ1) is 10.8. The van der Waals surface area contributed by atoms with E-state index in [9.17, 15) is 4.79 Å². The zero-order valence-electron chi connectivity index (χ0n) is 10.7. The number of nitrogens with zero attached hydrogens (tertiary/aromatic N) is 2. The molecule has 0 aliphatic carbocycles. The Balaban J connectivity index is 1.87. The minimum Gasteiger partial charge on any atom is -0.331 e. The predicted molar refractivity (Wildman–Crippen MR) is 70.0 cm³/mol. The van der Waals surface area contributed by atoms with E-state index in [0.717, 1.165) is 13.0 Å². The molecule has 0 radical (unpaired) electrons. The van der Waals surface area contributed by atoms with Crippen molar-refractivity contribution in [1.82, 2.24) is 9.80 Å². The molecule has 4 heterocycles. The van der Waals surface area contributed by atoms with Crippen LogP contribution in [0.1, 0.15) is 19.3 Å². The quantitative estimate of drug-likeness (QED) is 0.686. The second-order valence-corrected chi connectivity index (χ2v) is 6.29. The fourth-order valence-electron chi connectivity index (χ4n) is 4.95. The van der Waals surface area contributed by atoms with Gasteiger partial charge in [-0.1, -0.05) is 18.2 Å². The van der Waals surface area contributed by atoms with Crippen molar-refractivity contribution in [2.75, 3.05) is 19.6 Å². The fraction of sp³-hybridized carbons (Fsp3) is 0.667. The summed E-state index contributed by atoms with van der Waals surface area (Å²) in [6.45, 7) is 7.24. The van der Waals surface area contributed by atoms with Gasteiger partial charge in [0.05, 0.1) is 5.54 Å². The molecule has 5 atom stereocenters. The Morgan fingerprint density at radius 2 is 2.33 bits per heavy atom. The van der Waals surface area contributed by atoms with E-state index in [1.807, 2.05) is 6.08 Å². The van der Waals surface area contributed by atoms with Gasteiger partial charge in [-0.25, -0.2) is 0 Å². The second-order valence-electron chi connectivity index (χ2n) is 6.29. The molecule has 3 bridgehead atoms. The largest absolute Gasteiger partial charge is 0.331 e. The molecule has 1 spiro atoms. The van der Waals surface area contributed by atoms with Crippen LogP contribution in [0.2, 0.25) is 0 Å². The minimum atomic E-state index is -0.00345. The van der Waals surface area contributed by atoms with Gasteiger partial charge in [0, 0.05) is 38.0 Å². The normalized spacial score (nSPS) is 48.4. The lowest BCUT2D eigenvalue weighted by Gasteiger charge is -2.52. The molecule has 4 rings (SSSR count). The van der Waals surface area contributed by atoms with Crippen LogP contribution in [0.15, 0.2) is 24.8 Å². The van der Waals surface area contributed by atoms with Gasteiger partial charge in [-0.2, -0.15) is 0 Å². The third-order valence-corrected chi connectivity index (χ3v) is 5.47. The van der Waals surface area contributed by atoms with Crippen LogP contribution in [0.4, 0.5) is 0 Å². The Bertz CT molecular complexity index is 444. The number of fused-ring (bicyclic) bond motifs is 2.